The number of aromatic hydroxyl groups is 1. The van der Waals surface area contributed by atoms with E-state index >= 15 is 0 Å². The number of hydrogen-bond acceptors (Lipinski definition) is 6. The number of aromatic nitrogens is 1. The van der Waals surface area contributed by atoms with E-state index in [0.717, 1.165) is 5.56 Å². The number of phenolic OH excluding ortho intramolecular Hbond substituents is 1. The van der Waals surface area contributed by atoms with Crippen LogP contribution in [0, 0.1) is 12.8 Å². The maximum absolute atomic E-state index is 13.2. The van der Waals surface area contributed by atoms with Crippen LogP contribution in [0.5, 0.6) is 11.5 Å². The molecule has 34 heavy (non-hydrogen) atoms. The summed E-state index contributed by atoms with van der Waals surface area (Å²) < 4.78 is 5.81. The molecule has 0 saturated carbocycles. The fourth-order valence-corrected chi connectivity index (χ4v) is 3.97. The third-order valence-corrected chi connectivity index (χ3v) is 5.61. The molecule has 1 aliphatic rings. The van der Waals surface area contributed by atoms with E-state index in [9.17, 15) is 19.8 Å². The van der Waals surface area contributed by atoms with Gasteiger partial charge >= 0.3 is 0 Å². The van der Waals surface area contributed by atoms with Gasteiger partial charge in [0.1, 0.15) is 17.3 Å². The van der Waals surface area contributed by atoms with E-state index < -0.39 is 17.7 Å². The minimum absolute atomic E-state index is 0.0727. The van der Waals surface area contributed by atoms with Crippen LogP contribution < -0.4 is 9.64 Å². The fraction of sp³-hybridized carbons (Fsp3) is 0.222. The summed E-state index contributed by atoms with van der Waals surface area (Å²) in [5, 5.41) is 21.7. The van der Waals surface area contributed by atoms with Crippen molar-refractivity contribution in [2.45, 2.75) is 26.8 Å². The number of ketones is 1. The Hall–Kier alpha value is -4.13. The number of ether oxygens (including phenoxy) is 1. The number of carbonyl (C=O) groups is 2. The van der Waals surface area contributed by atoms with Crippen LogP contribution in [0.15, 0.2) is 72.6 Å². The van der Waals surface area contributed by atoms with Gasteiger partial charge in [-0.2, -0.15) is 0 Å². The van der Waals surface area contributed by atoms with Crippen molar-refractivity contribution in [3.05, 3.63) is 89.3 Å². The predicted molar refractivity (Wildman–Crippen MR) is 129 cm³/mol. The van der Waals surface area contributed by atoms with Gasteiger partial charge in [0.2, 0.25) is 0 Å². The second-order valence-electron chi connectivity index (χ2n) is 8.63. The molecule has 3 aromatic rings. The summed E-state index contributed by atoms with van der Waals surface area (Å²) in [6.45, 7) is 6.51. The largest absolute Gasteiger partial charge is 0.507 e. The lowest BCUT2D eigenvalue weighted by atomic mass is 9.95. The molecule has 1 atom stereocenters. The quantitative estimate of drug-likeness (QED) is 0.314. The lowest BCUT2D eigenvalue weighted by Gasteiger charge is -2.25. The molecule has 1 unspecified atom stereocenters. The van der Waals surface area contributed by atoms with E-state index in [4.69, 9.17) is 4.74 Å². The molecule has 1 saturated heterocycles. The van der Waals surface area contributed by atoms with Crippen molar-refractivity contribution in [2.75, 3.05) is 11.5 Å². The molecule has 1 fully saturated rings. The third-order valence-electron chi connectivity index (χ3n) is 5.61. The van der Waals surface area contributed by atoms with Crippen LogP contribution in [0.3, 0.4) is 0 Å². The number of rotatable bonds is 6. The zero-order valence-corrected chi connectivity index (χ0v) is 19.2. The maximum atomic E-state index is 13.2. The van der Waals surface area contributed by atoms with Gasteiger partial charge in [-0.15, -0.1) is 0 Å². The SMILES string of the molecule is Cc1cc(/C(O)=C2/C(=O)C(=O)N(c3ccccc3O)C2c2cccnc2)ccc1OCC(C)C. The van der Waals surface area contributed by atoms with E-state index in [0.29, 0.717) is 29.4 Å². The van der Waals surface area contributed by atoms with Crippen molar-refractivity contribution in [3.8, 4) is 11.5 Å². The monoisotopic (exact) mass is 458 g/mol. The molecule has 0 aliphatic carbocycles. The Morgan fingerprint density at radius 2 is 1.88 bits per heavy atom. The van der Waals surface area contributed by atoms with Crippen LogP contribution in [-0.2, 0) is 9.59 Å². The highest BCUT2D eigenvalue weighted by Crippen LogP contribution is 2.44. The topological polar surface area (TPSA) is 100.0 Å². The number of hydrogen-bond donors (Lipinski definition) is 2. The van der Waals surface area contributed by atoms with Crippen LogP contribution in [0.2, 0.25) is 0 Å². The average Bonchev–Trinajstić information content (AvgIpc) is 3.09. The van der Waals surface area contributed by atoms with Gasteiger partial charge in [0.15, 0.2) is 0 Å². The molecule has 0 bridgehead atoms. The Balaban J connectivity index is 1.85. The lowest BCUT2D eigenvalue weighted by molar-refractivity contribution is -0.132. The van der Waals surface area contributed by atoms with Crippen molar-refractivity contribution in [1.29, 1.82) is 0 Å². The first kappa shape index (κ1) is 23.0. The number of pyridine rings is 1. The minimum atomic E-state index is -0.959. The number of amides is 1. The van der Waals surface area contributed by atoms with E-state index in [1.54, 1.807) is 54.7 Å². The van der Waals surface area contributed by atoms with Crippen molar-refractivity contribution in [1.82, 2.24) is 4.98 Å². The van der Waals surface area contributed by atoms with Gasteiger partial charge in [0, 0.05) is 18.0 Å². The summed E-state index contributed by atoms with van der Waals surface area (Å²) in [5.41, 5.74) is 1.80. The number of aliphatic hydroxyl groups excluding tert-OH is 1. The van der Waals surface area contributed by atoms with Gasteiger partial charge in [-0.25, -0.2) is 0 Å². The molecule has 2 N–H and O–H groups in total. The number of aryl methyl sites for hydroxylation is 1. The van der Waals surface area contributed by atoms with Gasteiger partial charge in [0.25, 0.3) is 11.7 Å². The molecule has 174 valence electrons. The molecule has 4 rings (SSSR count). The van der Waals surface area contributed by atoms with Crippen LogP contribution in [0.4, 0.5) is 5.69 Å². The number of carbonyl (C=O) groups excluding carboxylic acids is 2. The van der Waals surface area contributed by atoms with E-state index in [1.165, 1.54) is 17.2 Å². The molecule has 0 spiro atoms. The molecule has 1 amide bonds. The van der Waals surface area contributed by atoms with Crippen molar-refractivity contribution in [2.24, 2.45) is 5.92 Å². The average molecular weight is 459 g/mol. The Morgan fingerprint density at radius 1 is 1.12 bits per heavy atom. The first-order chi connectivity index (χ1) is 16.3. The molecule has 2 aromatic carbocycles. The minimum Gasteiger partial charge on any atom is -0.507 e. The molecule has 2 heterocycles. The number of para-hydroxylation sites is 2. The molecular formula is C27H26N2O5. The van der Waals surface area contributed by atoms with Gasteiger partial charge < -0.3 is 14.9 Å². The summed E-state index contributed by atoms with van der Waals surface area (Å²) in [5.74, 6) is -1.09. The molecule has 7 nitrogen and oxygen atoms in total. The van der Waals surface area contributed by atoms with Gasteiger partial charge in [-0.1, -0.05) is 32.0 Å². The Bertz CT molecular complexity index is 1270. The highest BCUT2D eigenvalue weighted by Gasteiger charge is 2.47. The normalized spacial score (nSPS) is 17.4. The standard InChI is InChI=1S/C27H26N2O5/c1-16(2)15-34-22-11-10-18(13-17(22)3)25(31)23-24(19-7-6-12-28-14-19)29(27(33)26(23)32)20-8-4-5-9-21(20)30/h4-14,16,24,30-31H,15H2,1-3H3/b25-23-. The Kier molecular flexibility index (Phi) is 6.36. The Labute approximate surface area is 198 Å². The smallest absolute Gasteiger partial charge is 0.300 e. The highest BCUT2D eigenvalue weighted by molar-refractivity contribution is 6.51. The van der Waals surface area contributed by atoms with Gasteiger partial charge in [-0.05, 0) is 60.4 Å². The summed E-state index contributed by atoms with van der Waals surface area (Å²) in [6.07, 6.45) is 3.11. The predicted octanol–water partition coefficient (Wildman–Crippen LogP) is 4.76. The first-order valence-corrected chi connectivity index (χ1v) is 11.0. The highest BCUT2D eigenvalue weighted by atomic mass is 16.5. The third kappa shape index (κ3) is 4.24. The molecule has 7 heteroatoms. The van der Waals surface area contributed by atoms with Crippen LogP contribution in [0.1, 0.15) is 36.6 Å². The summed E-state index contributed by atoms with van der Waals surface area (Å²) >= 11 is 0. The van der Waals surface area contributed by atoms with Gasteiger partial charge in [0.05, 0.1) is 23.9 Å². The van der Waals surface area contributed by atoms with Crippen molar-refractivity contribution >= 4 is 23.1 Å². The molecule has 0 radical (unpaired) electrons. The lowest BCUT2D eigenvalue weighted by Crippen LogP contribution is -2.29. The maximum Gasteiger partial charge on any atom is 0.300 e. The zero-order chi connectivity index (χ0) is 24.4. The summed E-state index contributed by atoms with van der Waals surface area (Å²) in [6, 6.07) is 13.8. The van der Waals surface area contributed by atoms with E-state index in [2.05, 4.69) is 18.8 Å². The van der Waals surface area contributed by atoms with Crippen LogP contribution in [0.25, 0.3) is 5.76 Å². The second kappa shape index (κ2) is 9.39. The first-order valence-electron chi connectivity index (χ1n) is 11.0. The van der Waals surface area contributed by atoms with Crippen LogP contribution >= 0.6 is 0 Å². The van der Waals surface area contributed by atoms with Crippen LogP contribution in [-0.4, -0.2) is 33.5 Å². The molecular weight excluding hydrogens is 432 g/mol. The summed E-state index contributed by atoms with van der Waals surface area (Å²) in [7, 11) is 0. The van der Waals surface area contributed by atoms with E-state index in [1.807, 2.05) is 6.92 Å². The van der Waals surface area contributed by atoms with Gasteiger partial charge in [-0.3, -0.25) is 19.5 Å². The number of Topliss-reactive ketones (excluding diaryl/α,β-unsaturated/α-hetero) is 1. The number of benzene rings is 2. The van der Waals surface area contributed by atoms with E-state index in [-0.39, 0.29) is 22.8 Å². The Morgan fingerprint density at radius 3 is 2.53 bits per heavy atom. The number of nitrogens with zero attached hydrogens (tertiary/aromatic N) is 2. The van der Waals surface area contributed by atoms with Crippen molar-refractivity contribution in [3.63, 3.8) is 0 Å². The zero-order valence-electron chi connectivity index (χ0n) is 19.2. The molecule has 1 aromatic heterocycles. The second-order valence-corrected chi connectivity index (χ2v) is 8.63. The number of aliphatic hydroxyl groups is 1. The van der Waals surface area contributed by atoms with Crippen molar-refractivity contribution < 1.29 is 24.5 Å². The fourth-order valence-electron chi connectivity index (χ4n) is 3.97. The summed E-state index contributed by atoms with van der Waals surface area (Å²) in [4.78, 5) is 31.7. The number of phenols is 1. The molecule has 1 aliphatic heterocycles. The number of anilines is 1.